The number of aromatic nitrogens is 1. The summed E-state index contributed by atoms with van der Waals surface area (Å²) in [6.45, 7) is 4.31. The van der Waals surface area contributed by atoms with Crippen molar-refractivity contribution in [3.8, 4) is 5.69 Å². The molecule has 0 bridgehead atoms. The minimum atomic E-state index is -0.403. The van der Waals surface area contributed by atoms with Crippen LogP contribution < -0.4 is 5.32 Å². The number of carbonyl (C=O) groups excluding carboxylic acids is 1. The van der Waals surface area contributed by atoms with Crippen molar-refractivity contribution in [2.75, 3.05) is 0 Å². The van der Waals surface area contributed by atoms with Gasteiger partial charge < -0.3 is 14.3 Å². The summed E-state index contributed by atoms with van der Waals surface area (Å²) in [4.78, 5) is 29.9. The van der Waals surface area contributed by atoms with Crippen molar-refractivity contribution in [2.45, 2.75) is 46.1 Å². The molecule has 0 fully saturated rings. The molecule has 0 aliphatic heterocycles. The molecule has 5 rings (SSSR count). The van der Waals surface area contributed by atoms with Gasteiger partial charge in [-0.2, -0.15) is 0 Å². The summed E-state index contributed by atoms with van der Waals surface area (Å²) in [7, 11) is 0. The zero-order chi connectivity index (χ0) is 25.2. The topological polar surface area (TPSA) is 103 Å². The number of non-ortho nitro benzene ring substituents is 1. The second-order valence-electron chi connectivity index (χ2n) is 8.85. The van der Waals surface area contributed by atoms with Crippen LogP contribution in [0.5, 0.6) is 0 Å². The number of aryl methyl sites for hydroxylation is 2. The van der Waals surface area contributed by atoms with Gasteiger partial charge in [-0.15, -0.1) is 11.3 Å². The van der Waals surface area contributed by atoms with Gasteiger partial charge in [0.15, 0.2) is 0 Å². The van der Waals surface area contributed by atoms with Crippen LogP contribution in [-0.4, -0.2) is 21.6 Å². The number of rotatable bonds is 7. The molecule has 9 heteroatoms. The largest absolute Gasteiger partial charge is 0.467 e. The van der Waals surface area contributed by atoms with Gasteiger partial charge in [-0.25, -0.2) is 4.99 Å². The monoisotopic (exact) mass is 502 g/mol. The Morgan fingerprint density at radius 3 is 2.72 bits per heavy atom. The van der Waals surface area contributed by atoms with Crippen LogP contribution in [0.1, 0.15) is 56.4 Å². The maximum atomic E-state index is 13.2. The van der Waals surface area contributed by atoms with E-state index in [0.29, 0.717) is 17.9 Å². The van der Waals surface area contributed by atoms with Gasteiger partial charge in [0.25, 0.3) is 11.6 Å². The number of hydrogen-bond acceptors (Lipinski definition) is 6. The molecule has 0 spiro atoms. The molecule has 0 unspecified atom stereocenters. The third-order valence-corrected chi connectivity index (χ3v) is 7.69. The highest BCUT2D eigenvalue weighted by molar-refractivity contribution is 7.16. The van der Waals surface area contributed by atoms with Crippen LogP contribution in [0.25, 0.3) is 5.69 Å². The van der Waals surface area contributed by atoms with Crippen LogP contribution in [0.4, 0.5) is 10.7 Å². The summed E-state index contributed by atoms with van der Waals surface area (Å²) in [6, 6.07) is 12.2. The molecule has 1 aromatic carbocycles. The molecule has 3 aromatic heterocycles. The van der Waals surface area contributed by atoms with E-state index in [1.807, 2.05) is 36.8 Å². The maximum absolute atomic E-state index is 13.2. The average molecular weight is 503 g/mol. The summed E-state index contributed by atoms with van der Waals surface area (Å²) in [5.74, 6) is 0.575. The zero-order valence-corrected chi connectivity index (χ0v) is 20.9. The molecule has 0 atom stereocenters. The number of aliphatic imine (C=N–C) groups is 1. The first-order valence-electron chi connectivity index (χ1n) is 11.9. The van der Waals surface area contributed by atoms with Crippen molar-refractivity contribution in [1.82, 2.24) is 9.88 Å². The second kappa shape index (κ2) is 9.94. The number of thiophene rings is 1. The zero-order valence-electron chi connectivity index (χ0n) is 20.1. The van der Waals surface area contributed by atoms with Crippen LogP contribution in [0.15, 0.2) is 58.1 Å². The summed E-state index contributed by atoms with van der Waals surface area (Å²) in [5.41, 5.74) is 5.58. The first-order chi connectivity index (χ1) is 17.4. The number of benzene rings is 1. The van der Waals surface area contributed by atoms with Gasteiger partial charge in [0.2, 0.25) is 0 Å². The van der Waals surface area contributed by atoms with E-state index in [1.165, 1.54) is 17.0 Å². The molecule has 0 radical (unpaired) electrons. The Labute approximate surface area is 212 Å². The number of nitrogens with zero attached hydrogens (tertiary/aromatic N) is 3. The second-order valence-corrected chi connectivity index (χ2v) is 9.93. The van der Waals surface area contributed by atoms with E-state index in [0.717, 1.165) is 58.9 Å². The van der Waals surface area contributed by atoms with Gasteiger partial charge in [-0.1, -0.05) is 0 Å². The van der Waals surface area contributed by atoms with Crippen LogP contribution in [0.3, 0.4) is 0 Å². The molecular weight excluding hydrogens is 476 g/mol. The number of amides is 1. The SMILES string of the molecule is Cc1cc(C=Nc2sc3c(c2C(=O)NCc2ccco2)CCCC3)c(C)n1-c1ccc([N+](=O)[O-])cc1. The number of fused-ring (bicyclic) bond motifs is 1. The molecule has 3 heterocycles. The van der Waals surface area contributed by atoms with Crippen LogP contribution in [0, 0.1) is 24.0 Å². The molecule has 8 nitrogen and oxygen atoms in total. The fraction of sp³-hybridized carbons (Fsp3) is 0.259. The molecule has 184 valence electrons. The third-order valence-electron chi connectivity index (χ3n) is 6.49. The fourth-order valence-corrected chi connectivity index (χ4v) is 5.94. The highest BCUT2D eigenvalue weighted by Gasteiger charge is 2.25. The predicted molar refractivity (Wildman–Crippen MR) is 140 cm³/mol. The third kappa shape index (κ3) is 4.61. The average Bonchev–Trinajstić information content (AvgIpc) is 3.59. The first kappa shape index (κ1) is 23.7. The lowest BCUT2D eigenvalue weighted by Gasteiger charge is -2.12. The summed E-state index contributed by atoms with van der Waals surface area (Å²) in [5, 5.41) is 14.7. The highest BCUT2D eigenvalue weighted by atomic mass is 32.1. The number of nitrogens with one attached hydrogen (secondary N) is 1. The van der Waals surface area contributed by atoms with Gasteiger partial charge in [0.1, 0.15) is 10.8 Å². The molecule has 0 saturated heterocycles. The lowest BCUT2D eigenvalue weighted by atomic mass is 9.95. The minimum Gasteiger partial charge on any atom is -0.467 e. The Kier molecular flexibility index (Phi) is 6.56. The Morgan fingerprint density at radius 2 is 2.00 bits per heavy atom. The maximum Gasteiger partial charge on any atom is 0.269 e. The number of nitro groups is 1. The standard InChI is InChI=1S/C27H26N4O4S/c1-17-14-19(18(2)30(17)20-9-11-21(12-10-20)31(33)34)15-29-27-25(23-7-3-4-8-24(23)36-27)26(32)28-16-22-6-5-13-35-22/h5-6,9-15H,3-4,7-8,16H2,1-2H3,(H,28,32). The molecule has 1 amide bonds. The minimum absolute atomic E-state index is 0.0579. The van der Waals surface area contributed by atoms with E-state index in [2.05, 4.69) is 5.32 Å². The predicted octanol–water partition coefficient (Wildman–Crippen LogP) is 6.22. The van der Waals surface area contributed by atoms with E-state index in [4.69, 9.17) is 9.41 Å². The van der Waals surface area contributed by atoms with Crippen molar-refractivity contribution in [1.29, 1.82) is 0 Å². The van der Waals surface area contributed by atoms with E-state index < -0.39 is 4.92 Å². The summed E-state index contributed by atoms with van der Waals surface area (Å²) >= 11 is 1.60. The van der Waals surface area contributed by atoms with Gasteiger partial charge in [0.05, 0.1) is 23.3 Å². The highest BCUT2D eigenvalue weighted by Crippen LogP contribution is 2.40. The summed E-state index contributed by atoms with van der Waals surface area (Å²) in [6.07, 6.45) is 7.46. The van der Waals surface area contributed by atoms with Gasteiger partial charge in [0, 0.05) is 45.9 Å². The number of nitro benzene ring substituents is 1. The molecule has 4 aromatic rings. The normalized spacial score (nSPS) is 13.2. The van der Waals surface area contributed by atoms with Crippen molar-refractivity contribution in [3.05, 3.63) is 97.6 Å². The molecule has 1 aliphatic carbocycles. The molecular formula is C27H26N4O4S. The molecule has 0 saturated carbocycles. The Morgan fingerprint density at radius 1 is 1.22 bits per heavy atom. The van der Waals surface area contributed by atoms with Gasteiger partial charge in [-0.05, 0) is 75.4 Å². The van der Waals surface area contributed by atoms with Crippen molar-refractivity contribution >= 4 is 34.1 Å². The quantitative estimate of drug-likeness (QED) is 0.184. The summed E-state index contributed by atoms with van der Waals surface area (Å²) < 4.78 is 7.40. The Balaban J connectivity index is 1.44. The van der Waals surface area contributed by atoms with Gasteiger partial charge >= 0.3 is 0 Å². The van der Waals surface area contributed by atoms with Crippen molar-refractivity contribution < 1.29 is 14.1 Å². The van der Waals surface area contributed by atoms with Crippen LogP contribution in [0.2, 0.25) is 0 Å². The number of carbonyl (C=O) groups is 1. The van der Waals surface area contributed by atoms with Crippen molar-refractivity contribution in [2.24, 2.45) is 4.99 Å². The number of furan rings is 1. The van der Waals surface area contributed by atoms with E-state index in [1.54, 1.807) is 35.8 Å². The lowest BCUT2D eigenvalue weighted by molar-refractivity contribution is -0.384. The number of hydrogen-bond donors (Lipinski definition) is 1. The first-order valence-corrected chi connectivity index (χ1v) is 12.7. The lowest BCUT2D eigenvalue weighted by Crippen LogP contribution is -2.23. The van der Waals surface area contributed by atoms with E-state index in [9.17, 15) is 14.9 Å². The molecule has 36 heavy (non-hydrogen) atoms. The Hall–Kier alpha value is -3.98. The Bertz CT molecular complexity index is 1450. The van der Waals surface area contributed by atoms with E-state index >= 15 is 0 Å². The smallest absolute Gasteiger partial charge is 0.269 e. The fourth-order valence-electron chi connectivity index (χ4n) is 4.71. The van der Waals surface area contributed by atoms with E-state index in [-0.39, 0.29) is 11.6 Å². The van der Waals surface area contributed by atoms with Crippen molar-refractivity contribution in [3.63, 3.8) is 0 Å². The van der Waals surface area contributed by atoms with Crippen LogP contribution in [-0.2, 0) is 19.4 Å². The van der Waals surface area contributed by atoms with Gasteiger partial charge in [-0.3, -0.25) is 14.9 Å². The molecule has 1 aliphatic rings. The molecule has 1 N–H and O–H groups in total. The van der Waals surface area contributed by atoms with Crippen LogP contribution >= 0.6 is 11.3 Å².